The van der Waals surface area contributed by atoms with Crippen molar-refractivity contribution >= 4 is 11.8 Å². The Morgan fingerprint density at radius 2 is 1.83 bits per heavy atom. The molecule has 1 aromatic carbocycles. The molecule has 130 valence electrons. The van der Waals surface area contributed by atoms with Crippen molar-refractivity contribution in [1.82, 2.24) is 9.80 Å². The number of nitrogens with zero attached hydrogens (tertiary/aromatic N) is 2. The van der Waals surface area contributed by atoms with Gasteiger partial charge >= 0.3 is 0 Å². The molecule has 0 saturated carbocycles. The monoisotopic (exact) mass is 328 g/mol. The number of likely N-dealkylation sites (tertiary alicyclic amines) is 2. The molecule has 0 spiro atoms. The van der Waals surface area contributed by atoms with Crippen molar-refractivity contribution in [2.75, 3.05) is 19.6 Å². The highest BCUT2D eigenvalue weighted by atomic mass is 16.2. The van der Waals surface area contributed by atoms with Crippen LogP contribution in [0.2, 0.25) is 0 Å². The minimum atomic E-state index is -0.134. The predicted octanol–water partition coefficient (Wildman–Crippen LogP) is 2.72. The second kappa shape index (κ2) is 7.37. The molecule has 2 saturated heterocycles. The molecule has 0 bridgehead atoms. The van der Waals surface area contributed by atoms with E-state index in [4.69, 9.17) is 0 Å². The molecular formula is C20H28N2O2. The number of rotatable bonds is 4. The molecule has 2 aliphatic rings. The number of hydrogen-bond donors (Lipinski definition) is 0. The molecule has 0 aromatic heterocycles. The lowest BCUT2D eigenvalue weighted by atomic mass is 9.89. The lowest BCUT2D eigenvalue weighted by Gasteiger charge is -2.33. The minimum absolute atomic E-state index is 0.127. The van der Waals surface area contributed by atoms with Gasteiger partial charge in [0.05, 0.1) is 5.92 Å². The molecule has 3 rings (SSSR count). The van der Waals surface area contributed by atoms with E-state index in [0.29, 0.717) is 18.9 Å². The maximum atomic E-state index is 12.7. The van der Waals surface area contributed by atoms with E-state index in [0.717, 1.165) is 32.4 Å². The summed E-state index contributed by atoms with van der Waals surface area (Å²) < 4.78 is 0. The van der Waals surface area contributed by atoms with Gasteiger partial charge in [-0.2, -0.15) is 0 Å². The minimum Gasteiger partial charge on any atom is -0.342 e. The van der Waals surface area contributed by atoms with E-state index in [1.54, 1.807) is 0 Å². The molecule has 0 unspecified atom stereocenters. The summed E-state index contributed by atoms with van der Waals surface area (Å²) in [6.45, 7) is 6.30. The van der Waals surface area contributed by atoms with E-state index in [-0.39, 0.29) is 23.8 Å². The van der Waals surface area contributed by atoms with Crippen LogP contribution in [-0.4, -0.2) is 47.3 Å². The maximum absolute atomic E-state index is 12.7. The Labute approximate surface area is 144 Å². The van der Waals surface area contributed by atoms with Crippen molar-refractivity contribution in [2.24, 2.45) is 11.8 Å². The number of benzene rings is 1. The van der Waals surface area contributed by atoms with Crippen LogP contribution in [0.3, 0.4) is 0 Å². The highest BCUT2D eigenvalue weighted by Gasteiger charge is 2.38. The van der Waals surface area contributed by atoms with E-state index in [1.165, 1.54) is 5.56 Å². The average Bonchev–Trinajstić information content (AvgIpc) is 2.98. The van der Waals surface area contributed by atoms with Crippen molar-refractivity contribution < 1.29 is 9.59 Å². The Morgan fingerprint density at radius 3 is 2.42 bits per heavy atom. The number of hydrogen-bond acceptors (Lipinski definition) is 2. The summed E-state index contributed by atoms with van der Waals surface area (Å²) in [5.41, 5.74) is 1.39. The smallest absolute Gasteiger partial charge is 0.227 e. The van der Waals surface area contributed by atoms with Crippen LogP contribution in [0, 0.1) is 11.8 Å². The van der Waals surface area contributed by atoms with Crippen LogP contribution in [0.15, 0.2) is 30.3 Å². The fourth-order valence-electron chi connectivity index (χ4n) is 3.96. The van der Waals surface area contributed by atoms with Gasteiger partial charge in [-0.3, -0.25) is 9.59 Å². The summed E-state index contributed by atoms with van der Waals surface area (Å²) in [4.78, 5) is 28.6. The first-order valence-corrected chi connectivity index (χ1v) is 9.16. The summed E-state index contributed by atoms with van der Waals surface area (Å²) in [7, 11) is 0. The molecule has 2 amide bonds. The third kappa shape index (κ3) is 3.80. The summed E-state index contributed by atoms with van der Waals surface area (Å²) in [5.74, 6) is 0.839. The zero-order valence-electron chi connectivity index (χ0n) is 14.8. The van der Waals surface area contributed by atoms with Crippen LogP contribution < -0.4 is 0 Å². The van der Waals surface area contributed by atoms with Gasteiger partial charge < -0.3 is 9.80 Å². The first-order valence-electron chi connectivity index (χ1n) is 9.16. The van der Waals surface area contributed by atoms with Crippen molar-refractivity contribution in [2.45, 2.75) is 45.6 Å². The van der Waals surface area contributed by atoms with Crippen LogP contribution in [-0.2, 0) is 16.0 Å². The summed E-state index contributed by atoms with van der Waals surface area (Å²) in [6.07, 6.45) is 3.62. The van der Waals surface area contributed by atoms with Gasteiger partial charge in [-0.25, -0.2) is 0 Å². The fraction of sp³-hybridized carbons (Fsp3) is 0.600. The number of piperidine rings is 1. The van der Waals surface area contributed by atoms with Crippen molar-refractivity contribution in [3.05, 3.63) is 35.9 Å². The largest absolute Gasteiger partial charge is 0.342 e. The molecule has 1 aromatic rings. The maximum Gasteiger partial charge on any atom is 0.227 e. The van der Waals surface area contributed by atoms with Gasteiger partial charge in [0, 0.05) is 32.1 Å². The van der Waals surface area contributed by atoms with Gasteiger partial charge in [0.15, 0.2) is 0 Å². The summed E-state index contributed by atoms with van der Waals surface area (Å²) >= 11 is 0. The molecule has 4 heteroatoms. The van der Waals surface area contributed by atoms with E-state index in [2.05, 4.69) is 24.3 Å². The SMILES string of the molecule is CC(C)N1C[C@@H](C(=O)N2CCC(Cc3ccccc3)CC2)CC1=O. The van der Waals surface area contributed by atoms with E-state index < -0.39 is 0 Å². The molecule has 2 fully saturated rings. The van der Waals surface area contributed by atoms with Gasteiger partial charge in [-0.05, 0) is 44.6 Å². The van der Waals surface area contributed by atoms with Gasteiger partial charge in [-0.1, -0.05) is 30.3 Å². The van der Waals surface area contributed by atoms with Gasteiger partial charge in [0.25, 0.3) is 0 Å². The summed E-state index contributed by atoms with van der Waals surface area (Å²) in [5, 5.41) is 0. The molecule has 1 atom stereocenters. The van der Waals surface area contributed by atoms with Gasteiger partial charge in [0.2, 0.25) is 11.8 Å². The highest BCUT2D eigenvalue weighted by molar-refractivity contribution is 5.89. The normalized spacial score (nSPS) is 22.5. The molecule has 0 N–H and O–H groups in total. The Bertz CT molecular complexity index is 577. The molecule has 4 nitrogen and oxygen atoms in total. The zero-order chi connectivity index (χ0) is 17.1. The molecule has 0 radical (unpaired) electrons. The zero-order valence-corrected chi connectivity index (χ0v) is 14.8. The van der Waals surface area contributed by atoms with Crippen LogP contribution in [0.4, 0.5) is 0 Å². The number of amides is 2. The van der Waals surface area contributed by atoms with Gasteiger partial charge in [-0.15, -0.1) is 0 Å². The van der Waals surface area contributed by atoms with Crippen LogP contribution >= 0.6 is 0 Å². The Hall–Kier alpha value is -1.84. The van der Waals surface area contributed by atoms with Crippen LogP contribution in [0.5, 0.6) is 0 Å². The average molecular weight is 328 g/mol. The van der Waals surface area contributed by atoms with Crippen molar-refractivity contribution in [3.8, 4) is 0 Å². The second-order valence-corrected chi connectivity index (χ2v) is 7.50. The van der Waals surface area contributed by atoms with E-state index >= 15 is 0 Å². The first kappa shape index (κ1) is 17.0. The molecule has 2 heterocycles. The Kier molecular flexibility index (Phi) is 5.22. The van der Waals surface area contributed by atoms with E-state index in [9.17, 15) is 9.59 Å². The lowest BCUT2D eigenvalue weighted by Crippen LogP contribution is -2.43. The first-order chi connectivity index (χ1) is 11.5. The molecule has 2 aliphatic heterocycles. The third-order valence-electron chi connectivity index (χ3n) is 5.42. The fourth-order valence-corrected chi connectivity index (χ4v) is 3.96. The number of carbonyl (C=O) groups is 2. The molecular weight excluding hydrogens is 300 g/mol. The topological polar surface area (TPSA) is 40.6 Å². The van der Waals surface area contributed by atoms with Crippen LogP contribution in [0.1, 0.15) is 38.7 Å². The number of carbonyl (C=O) groups excluding carboxylic acids is 2. The Morgan fingerprint density at radius 1 is 1.17 bits per heavy atom. The predicted molar refractivity (Wildman–Crippen MR) is 94.4 cm³/mol. The standard InChI is InChI=1S/C20H28N2O2/c1-15(2)22-14-18(13-19(22)23)20(24)21-10-8-17(9-11-21)12-16-6-4-3-5-7-16/h3-7,15,17-18H,8-14H2,1-2H3/t18-/m0/s1. The highest BCUT2D eigenvalue weighted by Crippen LogP contribution is 2.26. The lowest BCUT2D eigenvalue weighted by molar-refractivity contribution is -0.137. The summed E-state index contributed by atoms with van der Waals surface area (Å²) in [6, 6.07) is 10.8. The second-order valence-electron chi connectivity index (χ2n) is 7.50. The van der Waals surface area contributed by atoms with Crippen molar-refractivity contribution in [1.29, 1.82) is 0 Å². The van der Waals surface area contributed by atoms with Crippen molar-refractivity contribution in [3.63, 3.8) is 0 Å². The quantitative estimate of drug-likeness (QED) is 0.853. The Balaban J connectivity index is 1.50. The molecule has 24 heavy (non-hydrogen) atoms. The van der Waals surface area contributed by atoms with Crippen LogP contribution in [0.25, 0.3) is 0 Å². The third-order valence-corrected chi connectivity index (χ3v) is 5.42. The van der Waals surface area contributed by atoms with E-state index in [1.807, 2.05) is 29.7 Å². The molecule has 0 aliphatic carbocycles. The van der Waals surface area contributed by atoms with Gasteiger partial charge in [0.1, 0.15) is 0 Å².